The van der Waals surface area contributed by atoms with Crippen molar-refractivity contribution in [1.29, 1.82) is 0 Å². The highest BCUT2D eigenvalue weighted by Gasteiger charge is 2.19. The van der Waals surface area contributed by atoms with Crippen molar-refractivity contribution < 1.29 is 17.9 Å². The number of aliphatic hydroxyl groups excluding tert-OH is 1. The van der Waals surface area contributed by atoms with Gasteiger partial charge < -0.3 is 5.11 Å². The van der Waals surface area contributed by atoms with Crippen LogP contribution in [0.2, 0.25) is 0 Å². The van der Waals surface area contributed by atoms with Crippen LogP contribution < -0.4 is 4.72 Å². The van der Waals surface area contributed by atoms with E-state index in [9.17, 15) is 12.8 Å². The first kappa shape index (κ1) is 15.9. The van der Waals surface area contributed by atoms with Crippen molar-refractivity contribution in [2.45, 2.75) is 18.4 Å². The molecule has 0 aliphatic rings. The molecule has 1 aromatic carbocycles. The number of nitrogens with zero attached hydrogens (tertiary/aromatic N) is 1. The smallest absolute Gasteiger partial charge is 0.261 e. The van der Waals surface area contributed by atoms with Gasteiger partial charge in [-0.1, -0.05) is 0 Å². The zero-order valence-corrected chi connectivity index (χ0v) is 13.4. The molecule has 0 saturated carbocycles. The van der Waals surface area contributed by atoms with Gasteiger partial charge >= 0.3 is 0 Å². The third-order valence-corrected chi connectivity index (χ3v) is 4.78. The Bertz CT molecular complexity index is 781. The van der Waals surface area contributed by atoms with Crippen molar-refractivity contribution in [3.63, 3.8) is 0 Å². The lowest BCUT2D eigenvalue weighted by molar-refractivity contribution is 0.275. The van der Waals surface area contributed by atoms with E-state index in [4.69, 9.17) is 5.11 Å². The van der Waals surface area contributed by atoms with Crippen LogP contribution in [0.1, 0.15) is 11.1 Å². The van der Waals surface area contributed by atoms with Gasteiger partial charge in [0.25, 0.3) is 10.0 Å². The topological polar surface area (TPSA) is 79.3 Å². The van der Waals surface area contributed by atoms with Gasteiger partial charge in [-0.15, -0.1) is 0 Å². The van der Waals surface area contributed by atoms with Crippen LogP contribution >= 0.6 is 15.9 Å². The predicted octanol–water partition coefficient (Wildman–Crippen LogP) is 2.58. The molecule has 0 saturated heterocycles. The molecule has 0 atom stereocenters. The number of benzene rings is 1. The average molecular weight is 375 g/mol. The van der Waals surface area contributed by atoms with Crippen molar-refractivity contribution >= 4 is 31.6 Å². The van der Waals surface area contributed by atoms with Crippen LogP contribution in [-0.4, -0.2) is 18.5 Å². The predicted molar refractivity (Wildman–Crippen MR) is 79.8 cm³/mol. The first-order chi connectivity index (χ1) is 9.85. The molecule has 0 unspecified atom stereocenters. The number of aromatic nitrogens is 1. The Morgan fingerprint density at radius 2 is 2.14 bits per heavy atom. The molecule has 21 heavy (non-hydrogen) atoms. The minimum atomic E-state index is -3.89. The summed E-state index contributed by atoms with van der Waals surface area (Å²) in [7, 11) is -3.89. The largest absolute Gasteiger partial charge is 0.392 e. The molecule has 1 aromatic heterocycles. The molecule has 0 spiro atoms. The second-order valence-electron chi connectivity index (χ2n) is 4.33. The molecule has 1 heterocycles. The lowest BCUT2D eigenvalue weighted by Gasteiger charge is -2.12. The number of pyridine rings is 1. The maximum atomic E-state index is 13.7. The second-order valence-corrected chi connectivity index (χ2v) is 6.87. The van der Waals surface area contributed by atoms with E-state index in [-0.39, 0.29) is 16.0 Å². The fourth-order valence-corrected chi connectivity index (χ4v) is 3.43. The van der Waals surface area contributed by atoms with Gasteiger partial charge in [-0.25, -0.2) is 12.8 Å². The van der Waals surface area contributed by atoms with Gasteiger partial charge in [0.2, 0.25) is 0 Å². The molecular formula is C13H12BrFN2O3S. The minimum Gasteiger partial charge on any atom is -0.392 e. The molecule has 2 aromatic rings. The molecule has 8 heteroatoms. The highest BCUT2D eigenvalue weighted by atomic mass is 79.9. The zero-order valence-electron chi connectivity index (χ0n) is 11.0. The summed E-state index contributed by atoms with van der Waals surface area (Å²) in [5.74, 6) is -0.610. The molecule has 2 N–H and O–H groups in total. The summed E-state index contributed by atoms with van der Waals surface area (Å²) in [5, 5.41) is 9.10. The number of aliphatic hydroxyl groups is 1. The van der Waals surface area contributed by atoms with Crippen LogP contribution in [0.25, 0.3) is 0 Å². The lowest BCUT2D eigenvalue weighted by atomic mass is 10.1. The summed E-state index contributed by atoms with van der Waals surface area (Å²) >= 11 is 3.19. The van der Waals surface area contributed by atoms with E-state index >= 15 is 0 Å². The molecule has 0 aliphatic heterocycles. The zero-order chi connectivity index (χ0) is 15.6. The van der Waals surface area contributed by atoms with Crippen LogP contribution in [0.3, 0.4) is 0 Å². The Kier molecular flexibility index (Phi) is 4.60. The number of rotatable bonds is 4. The van der Waals surface area contributed by atoms with Gasteiger partial charge in [-0.3, -0.25) is 9.71 Å². The highest BCUT2D eigenvalue weighted by molar-refractivity contribution is 9.10. The van der Waals surface area contributed by atoms with Gasteiger partial charge in [0.1, 0.15) is 5.82 Å². The first-order valence-electron chi connectivity index (χ1n) is 5.87. The fourth-order valence-electron chi connectivity index (χ4n) is 1.74. The Morgan fingerprint density at radius 1 is 1.43 bits per heavy atom. The molecule has 2 rings (SSSR count). The molecule has 0 fully saturated rings. The monoisotopic (exact) mass is 374 g/mol. The maximum absolute atomic E-state index is 13.7. The van der Waals surface area contributed by atoms with E-state index in [0.29, 0.717) is 10.2 Å². The minimum absolute atomic E-state index is 0.0656. The standard InChI is InChI=1S/C13H12BrFN2O3S/c1-8-4-10(5-9(7-18)13(8)15)21(19,20)17-12-2-3-16-6-11(12)14/h2-6,18H,7H2,1H3,(H,16,17). The number of sulfonamides is 1. The molecular weight excluding hydrogens is 363 g/mol. The maximum Gasteiger partial charge on any atom is 0.261 e. The lowest BCUT2D eigenvalue weighted by Crippen LogP contribution is -2.14. The Balaban J connectivity index is 2.45. The van der Waals surface area contributed by atoms with Crippen LogP contribution in [0.5, 0.6) is 0 Å². The first-order valence-corrected chi connectivity index (χ1v) is 8.15. The van der Waals surface area contributed by atoms with Crippen molar-refractivity contribution in [3.05, 3.63) is 52.0 Å². The average Bonchev–Trinajstić information content (AvgIpc) is 2.44. The summed E-state index contributed by atoms with van der Waals surface area (Å²) in [6, 6.07) is 3.82. The van der Waals surface area contributed by atoms with Gasteiger partial charge in [-0.2, -0.15) is 0 Å². The Hall–Kier alpha value is -1.51. The molecule has 0 bridgehead atoms. The Labute approximate surface area is 130 Å². The number of aryl methyl sites for hydroxylation is 1. The summed E-state index contributed by atoms with van der Waals surface area (Å²) in [5.41, 5.74) is 0.400. The number of nitrogens with one attached hydrogen (secondary N) is 1. The van der Waals surface area contributed by atoms with Crippen molar-refractivity contribution in [2.24, 2.45) is 0 Å². The van der Waals surface area contributed by atoms with Gasteiger partial charge in [0, 0.05) is 18.0 Å². The van der Waals surface area contributed by atoms with Gasteiger partial charge in [0.15, 0.2) is 0 Å². The summed E-state index contributed by atoms with van der Waals surface area (Å²) < 4.78 is 41.2. The molecule has 5 nitrogen and oxygen atoms in total. The number of hydrogen-bond acceptors (Lipinski definition) is 4. The molecule has 112 valence electrons. The quantitative estimate of drug-likeness (QED) is 0.861. The molecule has 0 radical (unpaired) electrons. The normalized spacial score (nSPS) is 11.4. The van der Waals surface area contributed by atoms with Crippen LogP contribution in [0, 0.1) is 12.7 Å². The van der Waals surface area contributed by atoms with Gasteiger partial charge in [0.05, 0.1) is 21.7 Å². The van der Waals surface area contributed by atoms with E-state index in [1.807, 2.05) is 0 Å². The van der Waals surface area contributed by atoms with Crippen molar-refractivity contribution in [1.82, 2.24) is 4.98 Å². The Morgan fingerprint density at radius 3 is 2.76 bits per heavy atom. The van der Waals surface area contributed by atoms with E-state index in [1.54, 1.807) is 0 Å². The third-order valence-electron chi connectivity index (χ3n) is 2.80. The summed E-state index contributed by atoms with van der Waals surface area (Å²) in [6.45, 7) is 0.866. The van der Waals surface area contributed by atoms with E-state index in [0.717, 1.165) is 6.07 Å². The number of hydrogen-bond donors (Lipinski definition) is 2. The third kappa shape index (κ3) is 3.39. The number of halogens is 2. The van der Waals surface area contributed by atoms with E-state index < -0.39 is 22.4 Å². The van der Waals surface area contributed by atoms with Crippen LogP contribution in [0.4, 0.5) is 10.1 Å². The molecule has 0 aliphatic carbocycles. The van der Waals surface area contributed by atoms with Crippen molar-refractivity contribution in [3.8, 4) is 0 Å². The van der Waals surface area contributed by atoms with Crippen LogP contribution in [0.15, 0.2) is 40.0 Å². The highest BCUT2D eigenvalue weighted by Crippen LogP contribution is 2.25. The van der Waals surface area contributed by atoms with Crippen LogP contribution in [-0.2, 0) is 16.6 Å². The SMILES string of the molecule is Cc1cc(S(=O)(=O)Nc2ccncc2Br)cc(CO)c1F. The fraction of sp³-hybridized carbons (Fsp3) is 0.154. The summed E-state index contributed by atoms with van der Waals surface area (Å²) in [4.78, 5) is 3.72. The van der Waals surface area contributed by atoms with Gasteiger partial charge in [-0.05, 0) is 46.6 Å². The number of anilines is 1. The van der Waals surface area contributed by atoms with E-state index in [1.165, 1.54) is 31.5 Å². The van der Waals surface area contributed by atoms with Crippen molar-refractivity contribution in [2.75, 3.05) is 4.72 Å². The summed E-state index contributed by atoms with van der Waals surface area (Å²) in [6.07, 6.45) is 2.89. The molecule has 0 amide bonds. The van der Waals surface area contributed by atoms with E-state index in [2.05, 4.69) is 25.6 Å². The second kappa shape index (κ2) is 6.08.